The van der Waals surface area contributed by atoms with Gasteiger partial charge < -0.3 is 9.47 Å². The van der Waals surface area contributed by atoms with Gasteiger partial charge in [-0.3, -0.25) is 10.1 Å². The van der Waals surface area contributed by atoms with E-state index >= 15 is 0 Å². The van der Waals surface area contributed by atoms with Gasteiger partial charge in [-0.2, -0.15) is 0 Å². The number of carbonyl (C=O) groups excluding carboxylic acids is 1. The third-order valence-electron chi connectivity index (χ3n) is 3.87. The Bertz CT molecular complexity index is 279. The van der Waals surface area contributed by atoms with Crippen molar-refractivity contribution in [3.8, 4) is 0 Å². The standard InChI is InChI=1S/C16H31NO3/c1-4-5-6-7-8-12-20-13-11-16(2,15(18)19-3)17-14-9-10-14/h14,17H,4-13H2,1-3H3. The normalized spacial score (nSPS) is 17.8. The van der Waals surface area contributed by atoms with Crippen LogP contribution in [0.3, 0.4) is 0 Å². The van der Waals surface area contributed by atoms with Gasteiger partial charge in [-0.05, 0) is 32.6 Å². The van der Waals surface area contributed by atoms with Gasteiger partial charge in [0.05, 0.1) is 7.11 Å². The zero-order chi connectivity index (χ0) is 14.8. The lowest BCUT2D eigenvalue weighted by atomic mass is 9.98. The van der Waals surface area contributed by atoms with E-state index in [-0.39, 0.29) is 5.97 Å². The van der Waals surface area contributed by atoms with Crippen molar-refractivity contribution in [3.05, 3.63) is 0 Å². The number of hydrogen-bond acceptors (Lipinski definition) is 4. The summed E-state index contributed by atoms with van der Waals surface area (Å²) in [7, 11) is 1.45. The van der Waals surface area contributed by atoms with Crippen LogP contribution in [-0.4, -0.2) is 37.9 Å². The van der Waals surface area contributed by atoms with Gasteiger partial charge in [0.15, 0.2) is 0 Å². The van der Waals surface area contributed by atoms with Gasteiger partial charge in [-0.25, -0.2) is 0 Å². The minimum Gasteiger partial charge on any atom is -0.468 e. The fourth-order valence-electron chi connectivity index (χ4n) is 2.32. The summed E-state index contributed by atoms with van der Waals surface area (Å²) in [5, 5.41) is 3.38. The first-order valence-corrected chi connectivity index (χ1v) is 8.06. The Labute approximate surface area is 123 Å². The summed E-state index contributed by atoms with van der Waals surface area (Å²) in [6.45, 7) is 5.54. The molecule has 1 aliphatic carbocycles. The Morgan fingerprint density at radius 2 is 1.90 bits per heavy atom. The van der Waals surface area contributed by atoms with Crippen LogP contribution >= 0.6 is 0 Å². The summed E-state index contributed by atoms with van der Waals surface area (Å²) >= 11 is 0. The zero-order valence-corrected chi connectivity index (χ0v) is 13.4. The first-order valence-electron chi connectivity index (χ1n) is 8.06. The van der Waals surface area contributed by atoms with Crippen LogP contribution in [0, 0.1) is 0 Å². The Morgan fingerprint density at radius 1 is 1.20 bits per heavy atom. The predicted octanol–water partition coefficient (Wildman–Crippen LogP) is 3.05. The van der Waals surface area contributed by atoms with Crippen molar-refractivity contribution in [3.63, 3.8) is 0 Å². The molecule has 4 nitrogen and oxygen atoms in total. The van der Waals surface area contributed by atoms with Crippen LogP contribution < -0.4 is 5.32 Å². The van der Waals surface area contributed by atoms with E-state index in [1.165, 1.54) is 32.8 Å². The molecule has 0 spiro atoms. The molecule has 0 aliphatic heterocycles. The number of ether oxygens (including phenoxy) is 2. The second-order valence-corrected chi connectivity index (χ2v) is 6.02. The lowest BCUT2D eigenvalue weighted by Gasteiger charge is -2.28. The molecular formula is C16H31NO3. The first kappa shape index (κ1) is 17.4. The predicted molar refractivity (Wildman–Crippen MR) is 80.8 cm³/mol. The third kappa shape index (κ3) is 6.71. The van der Waals surface area contributed by atoms with Crippen LogP contribution in [0.5, 0.6) is 0 Å². The molecule has 118 valence electrons. The molecule has 1 aliphatic rings. The molecule has 20 heavy (non-hydrogen) atoms. The topological polar surface area (TPSA) is 47.6 Å². The summed E-state index contributed by atoms with van der Waals surface area (Å²) in [6, 6.07) is 0.480. The molecule has 1 saturated carbocycles. The molecule has 0 aromatic rings. The number of unbranched alkanes of at least 4 members (excludes halogenated alkanes) is 4. The molecular weight excluding hydrogens is 254 g/mol. The molecule has 4 heteroatoms. The highest BCUT2D eigenvalue weighted by Gasteiger charge is 2.38. The average molecular weight is 285 g/mol. The summed E-state index contributed by atoms with van der Waals surface area (Å²) in [6.07, 6.45) is 9.22. The zero-order valence-electron chi connectivity index (χ0n) is 13.4. The summed E-state index contributed by atoms with van der Waals surface area (Å²) in [5.41, 5.74) is -0.599. The van der Waals surface area contributed by atoms with E-state index in [1.54, 1.807) is 0 Å². The Balaban J connectivity index is 2.13. The van der Waals surface area contributed by atoms with E-state index in [4.69, 9.17) is 9.47 Å². The molecule has 0 amide bonds. The highest BCUT2D eigenvalue weighted by atomic mass is 16.5. The molecule has 1 fully saturated rings. The van der Waals surface area contributed by atoms with Crippen LogP contribution in [0.15, 0.2) is 0 Å². The second kappa shape index (κ2) is 9.35. The van der Waals surface area contributed by atoms with Gasteiger partial charge in [-0.15, -0.1) is 0 Å². The number of esters is 1. The highest BCUT2D eigenvalue weighted by Crippen LogP contribution is 2.24. The van der Waals surface area contributed by atoms with Crippen molar-refractivity contribution in [1.82, 2.24) is 5.32 Å². The van der Waals surface area contributed by atoms with Crippen LogP contribution in [0.2, 0.25) is 0 Å². The van der Waals surface area contributed by atoms with Crippen molar-refractivity contribution in [2.24, 2.45) is 0 Å². The van der Waals surface area contributed by atoms with Gasteiger partial charge in [0.1, 0.15) is 5.54 Å². The van der Waals surface area contributed by atoms with Gasteiger partial charge in [0.2, 0.25) is 0 Å². The van der Waals surface area contributed by atoms with Gasteiger partial charge in [0.25, 0.3) is 0 Å². The van der Waals surface area contributed by atoms with Gasteiger partial charge in [-0.1, -0.05) is 32.6 Å². The lowest BCUT2D eigenvalue weighted by molar-refractivity contribution is -0.149. The molecule has 1 unspecified atom stereocenters. The van der Waals surface area contributed by atoms with E-state index < -0.39 is 5.54 Å². The lowest BCUT2D eigenvalue weighted by Crippen LogP contribution is -2.52. The summed E-state index contributed by atoms with van der Waals surface area (Å²) in [4.78, 5) is 11.9. The summed E-state index contributed by atoms with van der Waals surface area (Å²) in [5.74, 6) is -0.184. The monoisotopic (exact) mass is 285 g/mol. The maximum absolute atomic E-state index is 11.9. The first-order chi connectivity index (χ1) is 9.62. The second-order valence-electron chi connectivity index (χ2n) is 6.02. The fourth-order valence-corrected chi connectivity index (χ4v) is 2.32. The minimum atomic E-state index is -0.599. The van der Waals surface area contributed by atoms with E-state index in [0.29, 0.717) is 19.1 Å². The minimum absolute atomic E-state index is 0.184. The molecule has 0 aromatic carbocycles. The van der Waals surface area contributed by atoms with E-state index in [2.05, 4.69) is 12.2 Å². The Hall–Kier alpha value is -0.610. The molecule has 0 aromatic heterocycles. The summed E-state index contributed by atoms with van der Waals surface area (Å²) < 4.78 is 10.6. The van der Waals surface area contributed by atoms with Crippen LogP contribution in [0.1, 0.15) is 65.2 Å². The van der Waals surface area contributed by atoms with Crippen molar-refractivity contribution in [2.45, 2.75) is 76.8 Å². The maximum Gasteiger partial charge on any atom is 0.325 e. The number of carbonyl (C=O) groups is 1. The number of nitrogens with one attached hydrogen (secondary N) is 1. The maximum atomic E-state index is 11.9. The quantitative estimate of drug-likeness (QED) is 0.442. The van der Waals surface area contributed by atoms with Gasteiger partial charge in [0, 0.05) is 19.3 Å². The number of hydrogen-bond donors (Lipinski definition) is 1. The molecule has 0 bridgehead atoms. The number of methoxy groups -OCH3 is 1. The Kier molecular flexibility index (Phi) is 8.15. The molecule has 1 atom stereocenters. The average Bonchev–Trinajstić information content (AvgIpc) is 3.24. The van der Waals surface area contributed by atoms with Gasteiger partial charge >= 0.3 is 5.97 Å². The van der Waals surface area contributed by atoms with Crippen molar-refractivity contribution < 1.29 is 14.3 Å². The smallest absolute Gasteiger partial charge is 0.325 e. The molecule has 0 radical (unpaired) electrons. The molecule has 1 N–H and O–H groups in total. The van der Waals surface area contributed by atoms with Crippen LogP contribution in [0.4, 0.5) is 0 Å². The van der Waals surface area contributed by atoms with Crippen molar-refractivity contribution >= 4 is 5.97 Å². The van der Waals surface area contributed by atoms with E-state index in [9.17, 15) is 4.79 Å². The van der Waals surface area contributed by atoms with E-state index in [0.717, 1.165) is 25.9 Å². The largest absolute Gasteiger partial charge is 0.468 e. The van der Waals surface area contributed by atoms with Crippen LogP contribution in [-0.2, 0) is 14.3 Å². The molecule has 1 rings (SSSR count). The molecule has 0 heterocycles. The number of rotatable bonds is 12. The van der Waals surface area contributed by atoms with Crippen molar-refractivity contribution in [1.29, 1.82) is 0 Å². The Morgan fingerprint density at radius 3 is 2.50 bits per heavy atom. The highest BCUT2D eigenvalue weighted by molar-refractivity contribution is 5.80. The van der Waals surface area contributed by atoms with Crippen molar-refractivity contribution in [2.75, 3.05) is 20.3 Å². The fraction of sp³-hybridized carbons (Fsp3) is 0.938. The molecule has 0 saturated heterocycles. The van der Waals surface area contributed by atoms with Crippen LogP contribution in [0.25, 0.3) is 0 Å². The SMILES string of the molecule is CCCCCCCOCCC(C)(NC1CC1)C(=O)OC. The van der Waals surface area contributed by atoms with E-state index in [1.807, 2.05) is 6.92 Å². The third-order valence-corrected chi connectivity index (χ3v) is 3.87.